The van der Waals surface area contributed by atoms with Crippen LogP contribution in [0.4, 0.5) is 10.2 Å². The molecule has 0 spiro atoms. The van der Waals surface area contributed by atoms with Crippen LogP contribution in [-0.2, 0) is 0 Å². The summed E-state index contributed by atoms with van der Waals surface area (Å²) in [6, 6.07) is 11.5. The van der Waals surface area contributed by atoms with Crippen LogP contribution in [0, 0.1) is 5.82 Å². The maximum absolute atomic E-state index is 14.0. The van der Waals surface area contributed by atoms with Gasteiger partial charge in [-0.25, -0.2) is 9.37 Å². The number of piperazine rings is 1. The zero-order valence-corrected chi connectivity index (χ0v) is 20.4. The van der Waals surface area contributed by atoms with E-state index >= 15 is 0 Å². The fraction of sp³-hybridized carbons (Fsp3) is 0.280. The van der Waals surface area contributed by atoms with Gasteiger partial charge in [0.15, 0.2) is 0 Å². The summed E-state index contributed by atoms with van der Waals surface area (Å²) in [6.45, 7) is 4.77. The van der Waals surface area contributed by atoms with Crippen molar-refractivity contribution < 1.29 is 13.9 Å². The van der Waals surface area contributed by atoms with Gasteiger partial charge in [0, 0.05) is 60.2 Å². The van der Waals surface area contributed by atoms with Crippen molar-refractivity contribution in [3.8, 4) is 16.9 Å². The second kappa shape index (κ2) is 10.2. The minimum absolute atomic E-state index is 0.0208. The predicted molar refractivity (Wildman–Crippen MR) is 133 cm³/mol. The van der Waals surface area contributed by atoms with E-state index in [0.29, 0.717) is 40.6 Å². The molecule has 1 atom stereocenters. The molecular formula is C25H25Cl2FN4O2. The van der Waals surface area contributed by atoms with Gasteiger partial charge >= 0.3 is 0 Å². The number of ether oxygens (including phenoxy) is 1. The Kier molecular flexibility index (Phi) is 7.26. The zero-order chi connectivity index (χ0) is 24.4. The first-order valence-electron chi connectivity index (χ1n) is 10.9. The molecule has 0 aliphatic carbocycles. The van der Waals surface area contributed by atoms with Crippen LogP contribution in [-0.4, -0.2) is 53.9 Å². The molecule has 178 valence electrons. The number of likely N-dealkylation sites (N-methyl/N-ethyl adjacent to an activating group) is 1. The van der Waals surface area contributed by atoms with Crippen LogP contribution < -0.4 is 10.5 Å². The number of nitrogens with zero attached hydrogens (tertiary/aromatic N) is 3. The van der Waals surface area contributed by atoms with Crippen molar-refractivity contribution in [2.24, 2.45) is 0 Å². The standard InChI is InChI=1S/C25H25Cl2FN4O2/c1-15(23-19(26)6-7-20(28)24(23)27)34-21-13-22(29)30-14-18(21)16-4-3-5-17(12-16)25(33)32-10-8-31(2)9-11-32/h3-7,12-15H,8-11H2,1-2H3,(H2,29,30). The predicted octanol–water partition coefficient (Wildman–Crippen LogP) is 5.30. The molecule has 1 saturated heterocycles. The monoisotopic (exact) mass is 502 g/mol. The molecule has 4 rings (SSSR count). The molecule has 2 N–H and O–H groups in total. The van der Waals surface area contributed by atoms with Crippen molar-refractivity contribution in [2.75, 3.05) is 39.0 Å². The van der Waals surface area contributed by atoms with E-state index in [0.717, 1.165) is 18.7 Å². The lowest BCUT2D eigenvalue weighted by Crippen LogP contribution is -2.47. The molecule has 1 aliphatic rings. The summed E-state index contributed by atoms with van der Waals surface area (Å²) in [6.07, 6.45) is 0.914. The summed E-state index contributed by atoms with van der Waals surface area (Å²) in [5, 5.41) is 0.200. The summed E-state index contributed by atoms with van der Waals surface area (Å²) >= 11 is 12.4. The number of carbonyl (C=O) groups is 1. The van der Waals surface area contributed by atoms with E-state index in [1.54, 1.807) is 25.3 Å². The first-order valence-corrected chi connectivity index (χ1v) is 11.6. The maximum Gasteiger partial charge on any atom is 0.253 e. The van der Waals surface area contributed by atoms with Crippen molar-refractivity contribution in [3.63, 3.8) is 0 Å². The normalized spacial score (nSPS) is 15.3. The third-order valence-electron chi connectivity index (χ3n) is 5.89. The zero-order valence-electron chi connectivity index (χ0n) is 18.9. The van der Waals surface area contributed by atoms with Crippen molar-refractivity contribution >= 4 is 34.9 Å². The van der Waals surface area contributed by atoms with Gasteiger partial charge in [0.1, 0.15) is 23.5 Å². The summed E-state index contributed by atoms with van der Waals surface area (Å²) in [5.41, 5.74) is 8.22. The Morgan fingerprint density at radius 2 is 1.88 bits per heavy atom. The first-order chi connectivity index (χ1) is 16.2. The van der Waals surface area contributed by atoms with E-state index in [2.05, 4.69) is 9.88 Å². The van der Waals surface area contributed by atoms with Crippen molar-refractivity contribution in [1.82, 2.24) is 14.8 Å². The van der Waals surface area contributed by atoms with E-state index in [1.807, 2.05) is 30.1 Å². The van der Waals surface area contributed by atoms with E-state index in [-0.39, 0.29) is 16.7 Å². The molecule has 2 aromatic carbocycles. The minimum atomic E-state index is -0.675. The molecule has 1 unspecified atom stereocenters. The maximum atomic E-state index is 14.0. The van der Waals surface area contributed by atoms with Crippen LogP contribution in [0.2, 0.25) is 10.0 Å². The number of halogens is 3. The molecule has 2 heterocycles. The number of aromatic nitrogens is 1. The molecule has 9 heteroatoms. The van der Waals surface area contributed by atoms with Gasteiger partial charge in [-0.3, -0.25) is 4.79 Å². The topological polar surface area (TPSA) is 71.7 Å². The average molecular weight is 503 g/mol. The molecule has 1 fully saturated rings. The number of rotatable bonds is 5. The number of nitrogens with two attached hydrogens (primary N) is 1. The number of benzene rings is 2. The van der Waals surface area contributed by atoms with E-state index in [1.165, 1.54) is 12.1 Å². The summed E-state index contributed by atoms with van der Waals surface area (Å²) in [4.78, 5) is 21.3. The Morgan fingerprint density at radius 3 is 2.62 bits per heavy atom. The number of hydrogen-bond donors (Lipinski definition) is 1. The molecule has 1 amide bonds. The highest BCUT2D eigenvalue weighted by Crippen LogP contribution is 2.38. The van der Waals surface area contributed by atoms with Crippen molar-refractivity contribution in [3.05, 3.63) is 75.7 Å². The molecule has 1 aromatic heterocycles. The second-order valence-electron chi connectivity index (χ2n) is 8.30. The van der Waals surface area contributed by atoms with Crippen LogP contribution in [0.5, 0.6) is 5.75 Å². The first kappa shape index (κ1) is 24.3. The molecule has 34 heavy (non-hydrogen) atoms. The van der Waals surface area contributed by atoms with Crippen molar-refractivity contribution in [1.29, 1.82) is 0 Å². The van der Waals surface area contributed by atoms with E-state index in [9.17, 15) is 9.18 Å². The highest BCUT2D eigenvalue weighted by molar-refractivity contribution is 6.36. The number of nitrogen functional groups attached to an aromatic ring is 1. The van der Waals surface area contributed by atoms with Crippen molar-refractivity contribution in [2.45, 2.75) is 13.0 Å². The molecule has 0 bridgehead atoms. The molecule has 3 aromatic rings. The smallest absolute Gasteiger partial charge is 0.253 e. The highest BCUT2D eigenvalue weighted by Gasteiger charge is 2.23. The van der Waals surface area contributed by atoms with Gasteiger partial charge in [0.2, 0.25) is 0 Å². The lowest BCUT2D eigenvalue weighted by Gasteiger charge is -2.32. The third-order valence-corrected chi connectivity index (χ3v) is 6.60. The van der Waals surface area contributed by atoms with Crippen LogP contribution in [0.3, 0.4) is 0 Å². The molecular weight excluding hydrogens is 478 g/mol. The quantitative estimate of drug-likeness (QED) is 0.479. The second-order valence-corrected chi connectivity index (χ2v) is 9.08. The lowest BCUT2D eigenvalue weighted by molar-refractivity contribution is 0.0664. The molecule has 0 saturated carbocycles. The van der Waals surface area contributed by atoms with Gasteiger partial charge in [-0.05, 0) is 43.8 Å². The van der Waals surface area contributed by atoms with Crippen LogP contribution >= 0.6 is 23.2 Å². The number of hydrogen-bond acceptors (Lipinski definition) is 5. The fourth-order valence-corrected chi connectivity index (χ4v) is 4.62. The summed E-state index contributed by atoms with van der Waals surface area (Å²) < 4.78 is 20.2. The third kappa shape index (κ3) is 5.12. The summed E-state index contributed by atoms with van der Waals surface area (Å²) in [7, 11) is 2.04. The van der Waals surface area contributed by atoms with Crippen LogP contribution in [0.1, 0.15) is 28.9 Å². The molecule has 1 aliphatic heterocycles. The fourth-order valence-electron chi connectivity index (χ4n) is 3.94. The Bertz CT molecular complexity index is 1220. The van der Waals surface area contributed by atoms with Gasteiger partial charge in [-0.2, -0.15) is 0 Å². The number of carbonyl (C=O) groups excluding carboxylic acids is 1. The number of pyridine rings is 1. The molecule has 6 nitrogen and oxygen atoms in total. The number of anilines is 1. The van der Waals surface area contributed by atoms with Gasteiger partial charge in [-0.1, -0.05) is 35.3 Å². The van der Waals surface area contributed by atoms with Crippen LogP contribution in [0.25, 0.3) is 11.1 Å². The van der Waals surface area contributed by atoms with Gasteiger partial charge in [0.25, 0.3) is 5.91 Å². The van der Waals surface area contributed by atoms with Crippen LogP contribution in [0.15, 0.2) is 48.7 Å². The Balaban J connectivity index is 1.65. The molecule has 0 radical (unpaired) electrons. The minimum Gasteiger partial charge on any atom is -0.485 e. The Morgan fingerprint density at radius 1 is 1.15 bits per heavy atom. The largest absolute Gasteiger partial charge is 0.485 e. The van der Waals surface area contributed by atoms with Gasteiger partial charge in [0.05, 0.1) is 5.02 Å². The van der Waals surface area contributed by atoms with E-state index in [4.69, 9.17) is 33.7 Å². The van der Waals surface area contributed by atoms with Gasteiger partial charge < -0.3 is 20.3 Å². The Labute approximate surface area is 208 Å². The summed E-state index contributed by atoms with van der Waals surface area (Å²) in [5.74, 6) is 0.0706. The Hall–Kier alpha value is -2.87. The average Bonchev–Trinajstić information content (AvgIpc) is 2.82. The van der Waals surface area contributed by atoms with Gasteiger partial charge in [-0.15, -0.1) is 0 Å². The lowest BCUT2D eigenvalue weighted by atomic mass is 10.0. The highest BCUT2D eigenvalue weighted by atomic mass is 35.5. The SMILES string of the molecule is CC(Oc1cc(N)ncc1-c1cccc(C(=O)N2CCN(C)CC2)c1)c1c(Cl)ccc(F)c1Cl. The van der Waals surface area contributed by atoms with E-state index < -0.39 is 11.9 Å². The number of amides is 1.